The van der Waals surface area contributed by atoms with Gasteiger partial charge in [-0.05, 0) is 18.9 Å². The minimum atomic E-state index is -0.514. The van der Waals surface area contributed by atoms with Crippen LogP contribution in [0.5, 0.6) is 0 Å². The molecule has 0 atom stereocenters. The zero-order valence-electron chi connectivity index (χ0n) is 10.1. The van der Waals surface area contributed by atoms with Crippen molar-refractivity contribution < 1.29 is 9.34 Å². The normalized spacial score (nSPS) is 14.1. The van der Waals surface area contributed by atoms with Gasteiger partial charge < -0.3 is 4.42 Å². The fraction of sp³-hybridized carbons (Fsp3) is 0.214. The highest BCUT2D eigenvalue weighted by Crippen LogP contribution is 2.27. The highest BCUT2D eigenvalue weighted by molar-refractivity contribution is 5.91. The SMILES string of the molecule is O=c1oc2c(c3ccc([N+](=O)[O-])cc13)C=CCCC2. The van der Waals surface area contributed by atoms with Crippen LogP contribution in [0.4, 0.5) is 5.69 Å². The average Bonchev–Trinajstić information content (AvgIpc) is 2.63. The van der Waals surface area contributed by atoms with E-state index in [2.05, 4.69) is 0 Å². The molecule has 5 nitrogen and oxygen atoms in total. The van der Waals surface area contributed by atoms with Gasteiger partial charge in [-0.25, -0.2) is 4.79 Å². The molecular formula is C14H11NO4. The third kappa shape index (κ3) is 1.93. The maximum Gasteiger partial charge on any atom is 0.344 e. The van der Waals surface area contributed by atoms with Crippen molar-refractivity contribution in [3.05, 3.63) is 56.1 Å². The maximum atomic E-state index is 11.9. The summed E-state index contributed by atoms with van der Waals surface area (Å²) in [6.45, 7) is 0. The van der Waals surface area contributed by atoms with Crippen LogP contribution in [-0.2, 0) is 6.42 Å². The molecule has 2 aromatic rings. The number of allylic oxidation sites excluding steroid dienone is 1. The molecule has 1 aliphatic carbocycles. The molecule has 1 heterocycles. The Morgan fingerprint density at radius 3 is 2.89 bits per heavy atom. The van der Waals surface area contributed by atoms with Gasteiger partial charge in [-0.2, -0.15) is 0 Å². The Morgan fingerprint density at radius 1 is 1.26 bits per heavy atom. The first kappa shape index (κ1) is 11.6. The topological polar surface area (TPSA) is 73.3 Å². The standard InChI is InChI=1S/C14H11NO4/c16-14-12-8-9(15(17)18)6-7-10(12)11-4-2-1-3-5-13(11)19-14/h2,4,6-8H,1,3,5H2. The van der Waals surface area contributed by atoms with Crippen LogP contribution in [0.15, 0.2) is 33.5 Å². The molecule has 0 bridgehead atoms. The van der Waals surface area contributed by atoms with Gasteiger partial charge in [0.25, 0.3) is 5.69 Å². The molecule has 0 unspecified atom stereocenters. The highest BCUT2D eigenvalue weighted by atomic mass is 16.6. The number of hydrogen-bond acceptors (Lipinski definition) is 4. The fourth-order valence-corrected chi connectivity index (χ4v) is 2.37. The number of nitro groups is 1. The second-order valence-electron chi connectivity index (χ2n) is 4.51. The highest BCUT2D eigenvalue weighted by Gasteiger charge is 2.16. The lowest BCUT2D eigenvalue weighted by atomic mass is 10.0. The maximum absolute atomic E-state index is 11.9. The predicted octanol–water partition coefficient (Wildman–Crippen LogP) is 3.05. The summed E-state index contributed by atoms with van der Waals surface area (Å²) in [6, 6.07) is 4.32. The van der Waals surface area contributed by atoms with Gasteiger partial charge in [0.2, 0.25) is 0 Å². The van der Waals surface area contributed by atoms with Crippen molar-refractivity contribution in [3.8, 4) is 0 Å². The fourth-order valence-electron chi connectivity index (χ4n) is 2.37. The minimum absolute atomic E-state index is 0.0997. The Kier molecular flexibility index (Phi) is 2.67. The molecule has 0 radical (unpaired) electrons. The van der Waals surface area contributed by atoms with E-state index < -0.39 is 10.5 Å². The van der Waals surface area contributed by atoms with E-state index in [1.165, 1.54) is 12.1 Å². The van der Waals surface area contributed by atoms with Crippen molar-refractivity contribution in [1.82, 2.24) is 0 Å². The molecule has 1 aliphatic rings. The molecule has 96 valence electrons. The lowest BCUT2D eigenvalue weighted by Gasteiger charge is -2.06. The van der Waals surface area contributed by atoms with Crippen LogP contribution >= 0.6 is 0 Å². The number of benzene rings is 1. The first-order valence-electron chi connectivity index (χ1n) is 6.07. The molecule has 5 heteroatoms. The molecule has 0 aliphatic heterocycles. The number of hydrogen-bond donors (Lipinski definition) is 0. The second kappa shape index (κ2) is 4.35. The van der Waals surface area contributed by atoms with Gasteiger partial charge in [-0.1, -0.05) is 12.2 Å². The molecule has 0 spiro atoms. The molecular weight excluding hydrogens is 246 g/mol. The van der Waals surface area contributed by atoms with Gasteiger partial charge >= 0.3 is 5.63 Å². The summed E-state index contributed by atoms with van der Waals surface area (Å²) in [5.74, 6) is 0.667. The summed E-state index contributed by atoms with van der Waals surface area (Å²) in [5, 5.41) is 11.7. The zero-order chi connectivity index (χ0) is 13.4. The van der Waals surface area contributed by atoms with Gasteiger partial charge in [0.15, 0.2) is 0 Å². The Morgan fingerprint density at radius 2 is 2.11 bits per heavy atom. The Balaban J connectivity index is 2.37. The Labute approximate surface area is 108 Å². The third-order valence-electron chi connectivity index (χ3n) is 3.30. The van der Waals surface area contributed by atoms with E-state index in [4.69, 9.17) is 4.42 Å². The number of nitro benzene ring substituents is 1. The van der Waals surface area contributed by atoms with Gasteiger partial charge in [-0.15, -0.1) is 0 Å². The quantitative estimate of drug-likeness (QED) is 0.581. The van der Waals surface area contributed by atoms with Crippen LogP contribution in [0.1, 0.15) is 24.2 Å². The number of aryl methyl sites for hydroxylation is 1. The minimum Gasteiger partial charge on any atom is -0.427 e. The van der Waals surface area contributed by atoms with Crippen molar-refractivity contribution in [1.29, 1.82) is 0 Å². The van der Waals surface area contributed by atoms with Crippen LogP contribution in [0.25, 0.3) is 16.8 Å². The smallest absolute Gasteiger partial charge is 0.344 e. The second-order valence-corrected chi connectivity index (χ2v) is 4.51. The lowest BCUT2D eigenvalue weighted by molar-refractivity contribution is -0.384. The first-order chi connectivity index (χ1) is 9.16. The molecule has 0 saturated carbocycles. The van der Waals surface area contributed by atoms with Crippen molar-refractivity contribution in [2.24, 2.45) is 0 Å². The molecule has 3 rings (SSSR count). The number of rotatable bonds is 1. The molecule has 0 N–H and O–H groups in total. The van der Waals surface area contributed by atoms with Gasteiger partial charge in [0, 0.05) is 29.5 Å². The van der Waals surface area contributed by atoms with E-state index >= 15 is 0 Å². The number of fused-ring (bicyclic) bond motifs is 3. The van der Waals surface area contributed by atoms with Gasteiger partial charge in [-0.3, -0.25) is 10.1 Å². The Hall–Kier alpha value is -2.43. The van der Waals surface area contributed by atoms with E-state index in [0.717, 1.165) is 23.8 Å². The predicted molar refractivity (Wildman–Crippen MR) is 71.1 cm³/mol. The molecule has 0 fully saturated rings. The average molecular weight is 257 g/mol. The number of nitrogens with zero attached hydrogens (tertiary/aromatic N) is 1. The summed E-state index contributed by atoms with van der Waals surface area (Å²) < 4.78 is 5.30. The monoisotopic (exact) mass is 257 g/mol. The van der Waals surface area contributed by atoms with Gasteiger partial charge in [0.1, 0.15) is 5.76 Å². The van der Waals surface area contributed by atoms with E-state index in [-0.39, 0.29) is 11.1 Å². The van der Waals surface area contributed by atoms with E-state index in [1.807, 2.05) is 12.2 Å². The van der Waals surface area contributed by atoms with Gasteiger partial charge in [0.05, 0.1) is 10.3 Å². The van der Waals surface area contributed by atoms with Crippen molar-refractivity contribution in [3.63, 3.8) is 0 Å². The van der Waals surface area contributed by atoms with Crippen molar-refractivity contribution in [2.45, 2.75) is 19.3 Å². The van der Waals surface area contributed by atoms with Crippen molar-refractivity contribution >= 4 is 22.5 Å². The summed E-state index contributed by atoms with van der Waals surface area (Å²) in [5.41, 5.74) is 0.257. The summed E-state index contributed by atoms with van der Waals surface area (Å²) in [4.78, 5) is 22.2. The Bertz CT molecular complexity index is 758. The third-order valence-corrected chi connectivity index (χ3v) is 3.30. The van der Waals surface area contributed by atoms with Crippen molar-refractivity contribution in [2.75, 3.05) is 0 Å². The summed E-state index contributed by atoms with van der Waals surface area (Å²) in [7, 11) is 0. The molecule has 0 saturated heterocycles. The van der Waals surface area contributed by atoms with E-state index in [0.29, 0.717) is 12.2 Å². The van der Waals surface area contributed by atoms with Crippen LogP contribution in [0.2, 0.25) is 0 Å². The number of non-ortho nitro benzene ring substituents is 1. The van der Waals surface area contributed by atoms with E-state index in [1.54, 1.807) is 6.07 Å². The molecule has 1 aromatic heterocycles. The van der Waals surface area contributed by atoms with Crippen LogP contribution in [0, 0.1) is 10.1 Å². The molecule has 19 heavy (non-hydrogen) atoms. The van der Waals surface area contributed by atoms with Crippen LogP contribution in [0.3, 0.4) is 0 Å². The lowest BCUT2D eigenvalue weighted by Crippen LogP contribution is -2.05. The summed E-state index contributed by atoms with van der Waals surface area (Å²) >= 11 is 0. The largest absolute Gasteiger partial charge is 0.427 e. The first-order valence-corrected chi connectivity index (χ1v) is 6.07. The summed E-state index contributed by atoms with van der Waals surface area (Å²) in [6.07, 6.45) is 6.55. The molecule has 1 aromatic carbocycles. The van der Waals surface area contributed by atoms with E-state index in [9.17, 15) is 14.9 Å². The van der Waals surface area contributed by atoms with Crippen LogP contribution < -0.4 is 5.63 Å². The zero-order valence-corrected chi connectivity index (χ0v) is 10.1. The van der Waals surface area contributed by atoms with Crippen LogP contribution in [-0.4, -0.2) is 4.92 Å². The molecule has 0 amide bonds.